The molecule has 1 aliphatic rings. The molecule has 0 spiro atoms. The lowest BCUT2D eigenvalue weighted by Gasteiger charge is -2.26. The van der Waals surface area contributed by atoms with E-state index in [0.29, 0.717) is 24.1 Å². The first kappa shape index (κ1) is 13.7. The number of carbonyl (C=O) groups is 2. The van der Waals surface area contributed by atoms with Gasteiger partial charge >= 0.3 is 5.97 Å². The van der Waals surface area contributed by atoms with Crippen LogP contribution in [-0.2, 0) is 4.79 Å². The van der Waals surface area contributed by atoms with Crippen molar-refractivity contribution in [3.63, 3.8) is 0 Å². The zero-order valence-corrected chi connectivity index (χ0v) is 11.6. The van der Waals surface area contributed by atoms with Gasteiger partial charge in [-0.3, -0.25) is 4.79 Å². The van der Waals surface area contributed by atoms with Crippen LogP contribution in [0.3, 0.4) is 0 Å². The fraction of sp³-hybridized carbons (Fsp3) is 0.375. The molecule has 5 nitrogen and oxygen atoms in total. The SMILES string of the molecule is O=C(O)C1CCCCCN1C(=O)c1coc2ccccc12. The molecule has 2 aromatic rings. The van der Waals surface area contributed by atoms with E-state index in [9.17, 15) is 14.7 Å². The fourth-order valence-electron chi connectivity index (χ4n) is 2.91. The summed E-state index contributed by atoms with van der Waals surface area (Å²) in [5, 5.41) is 10.1. The van der Waals surface area contributed by atoms with E-state index in [1.807, 2.05) is 18.2 Å². The fourth-order valence-corrected chi connectivity index (χ4v) is 2.91. The number of carboxylic acids is 1. The average molecular weight is 287 g/mol. The van der Waals surface area contributed by atoms with Crippen molar-refractivity contribution in [2.75, 3.05) is 6.54 Å². The smallest absolute Gasteiger partial charge is 0.326 e. The molecule has 1 unspecified atom stereocenters. The van der Waals surface area contributed by atoms with Crippen molar-refractivity contribution < 1.29 is 19.1 Å². The molecular formula is C16H17NO4. The van der Waals surface area contributed by atoms with Gasteiger partial charge in [-0.05, 0) is 18.9 Å². The van der Waals surface area contributed by atoms with E-state index >= 15 is 0 Å². The van der Waals surface area contributed by atoms with Crippen molar-refractivity contribution in [3.8, 4) is 0 Å². The topological polar surface area (TPSA) is 70.8 Å². The highest BCUT2D eigenvalue weighted by molar-refractivity contribution is 6.06. The third-order valence-electron chi connectivity index (χ3n) is 4.01. The lowest BCUT2D eigenvalue weighted by atomic mass is 10.1. The van der Waals surface area contributed by atoms with Gasteiger partial charge in [0.15, 0.2) is 0 Å². The Bertz CT molecular complexity index is 676. The molecule has 1 amide bonds. The van der Waals surface area contributed by atoms with E-state index in [0.717, 1.165) is 24.6 Å². The number of rotatable bonds is 2. The first-order valence-corrected chi connectivity index (χ1v) is 7.18. The minimum Gasteiger partial charge on any atom is -0.480 e. The third kappa shape index (κ3) is 2.51. The van der Waals surface area contributed by atoms with Crippen LogP contribution in [0, 0.1) is 0 Å². The second-order valence-corrected chi connectivity index (χ2v) is 5.35. The van der Waals surface area contributed by atoms with E-state index < -0.39 is 12.0 Å². The van der Waals surface area contributed by atoms with E-state index in [1.54, 1.807) is 6.07 Å². The van der Waals surface area contributed by atoms with Gasteiger partial charge in [0.2, 0.25) is 0 Å². The van der Waals surface area contributed by atoms with Gasteiger partial charge in [-0.2, -0.15) is 0 Å². The lowest BCUT2D eigenvalue weighted by molar-refractivity contribution is -0.142. The monoisotopic (exact) mass is 287 g/mol. The number of fused-ring (bicyclic) bond motifs is 1. The normalized spacial score (nSPS) is 19.4. The molecule has 2 heterocycles. The minimum atomic E-state index is -0.932. The molecule has 0 radical (unpaired) electrons. The van der Waals surface area contributed by atoms with Gasteiger partial charge in [0, 0.05) is 11.9 Å². The Morgan fingerprint density at radius 1 is 1.19 bits per heavy atom. The van der Waals surface area contributed by atoms with Crippen LogP contribution >= 0.6 is 0 Å². The van der Waals surface area contributed by atoms with Gasteiger partial charge in [0.25, 0.3) is 5.91 Å². The molecule has 0 bridgehead atoms. The predicted octanol–water partition coefficient (Wildman–Crippen LogP) is 2.90. The minimum absolute atomic E-state index is 0.255. The molecular weight excluding hydrogens is 270 g/mol. The summed E-state index contributed by atoms with van der Waals surface area (Å²) in [5.74, 6) is -1.19. The molecule has 1 N–H and O–H groups in total. The van der Waals surface area contributed by atoms with Crippen LogP contribution in [0.2, 0.25) is 0 Å². The third-order valence-corrected chi connectivity index (χ3v) is 4.01. The number of carboxylic acid groups (broad SMARTS) is 1. The van der Waals surface area contributed by atoms with E-state index in [-0.39, 0.29) is 5.91 Å². The molecule has 5 heteroatoms. The molecule has 1 fully saturated rings. The number of furan rings is 1. The molecule has 0 saturated carbocycles. The number of likely N-dealkylation sites (tertiary alicyclic amines) is 1. The summed E-state index contributed by atoms with van der Waals surface area (Å²) in [6, 6.07) is 6.55. The van der Waals surface area contributed by atoms with E-state index in [1.165, 1.54) is 11.2 Å². The maximum absolute atomic E-state index is 12.7. The number of hydrogen-bond acceptors (Lipinski definition) is 3. The van der Waals surface area contributed by atoms with Crippen LogP contribution in [-0.4, -0.2) is 34.5 Å². The lowest BCUT2D eigenvalue weighted by Crippen LogP contribution is -2.44. The number of benzene rings is 1. The van der Waals surface area contributed by atoms with E-state index in [2.05, 4.69) is 0 Å². The number of nitrogens with zero attached hydrogens (tertiary/aromatic N) is 1. The Balaban J connectivity index is 1.97. The van der Waals surface area contributed by atoms with Crippen molar-refractivity contribution >= 4 is 22.8 Å². The summed E-state index contributed by atoms with van der Waals surface area (Å²) in [6.45, 7) is 0.481. The predicted molar refractivity (Wildman–Crippen MR) is 77.1 cm³/mol. The molecule has 3 rings (SSSR count). The number of amides is 1. The standard InChI is InChI=1S/C16H17NO4/c18-15(12-10-21-14-8-4-3-6-11(12)14)17-9-5-1-2-7-13(17)16(19)20/h3-4,6,8,10,13H,1-2,5,7,9H2,(H,19,20). The average Bonchev–Trinajstić information content (AvgIpc) is 2.75. The number of carbonyl (C=O) groups excluding carboxylic acids is 1. The second-order valence-electron chi connectivity index (χ2n) is 5.35. The van der Waals surface area contributed by atoms with Crippen molar-refractivity contribution in [2.24, 2.45) is 0 Å². The van der Waals surface area contributed by atoms with Gasteiger partial charge in [-0.15, -0.1) is 0 Å². The van der Waals surface area contributed by atoms with Crippen LogP contribution in [0.25, 0.3) is 11.0 Å². The Labute approximate surface area is 122 Å². The van der Waals surface area contributed by atoms with Gasteiger partial charge in [0.1, 0.15) is 17.9 Å². The quantitative estimate of drug-likeness (QED) is 0.922. The molecule has 1 atom stereocenters. The maximum Gasteiger partial charge on any atom is 0.326 e. The summed E-state index contributed by atoms with van der Waals surface area (Å²) in [5.41, 5.74) is 1.08. The maximum atomic E-state index is 12.7. The summed E-state index contributed by atoms with van der Waals surface area (Å²) in [4.78, 5) is 25.7. The largest absolute Gasteiger partial charge is 0.480 e. The van der Waals surface area contributed by atoms with Gasteiger partial charge in [-0.1, -0.05) is 31.0 Å². The molecule has 110 valence electrons. The molecule has 1 aromatic carbocycles. The summed E-state index contributed by atoms with van der Waals surface area (Å²) in [7, 11) is 0. The van der Waals surface area contributed by atoms with Crippen molar-refractivity contribution in [1.29, 1.82) is 0 Å². The Hall–Kier alpha value is -2.30. The highest BCUT2D eigenvalue weighted by atomic mass is 16.4. The zero-order chi connectivity index (χ0) is 14.8. The summed E-state index contributed by atoms with van der Waals surface area (Å²) < 4.78 is 5.39. The number of hydrogen-bond donors (Lipinski definition) is 1. The number of para-hydroxylation sites is 1. The van der Waals surface area contributed by atoms with Crippen LogP contribution in [0.4, 0.5) is 0 Å². The van der Waals surface area contributed by atoms with Crippen molar-refractivity contribution in [3.05, 3.63) is 36.1 Å². The van der Waals surface area contributed by atoms with E-state index in [4.69, 9.17) is 4.42 Å². The van der Waals surface area contributed by atoms with Crippen LogP contribution < -0.4 is 0 Å². The summed E-state index contributed by atoms with van der Waals surface area (Å²) in [6.07, 6.45) is 4.57. The molecule has 1 aliphatic heterocycles. The van der Waals surface area contributed by atoms with Crippen LogP contribution in [0.1, 0.15) is 36.0 Å². The summed E-state index contributed by atoms with van der Waals surface area (Å²) >= 11 is 0. The molecule has 1 saturated heterocycles. The van der Waals surface area contributed by atoms with Crippen molar-refractivity contribution in [2.45, 2.75) is 31.7 Å². The number of aliphatic carboxylic acids is 1. The Morgan fingerprint density at radius 3 is 2.81 bits per heavy atom. The van der Waals surface area contributed by atoms with Gasteiger partial charge in [0.05, 0.1) is 5.56 Å². The first-order chi connectivity index (χ1) is 10.2. The Kier molecular flexibility index (Phi) is 3.64. The highest BCUT2D eigenvalue weighted by Crippen LogP contribution is 2.25. The van der Waals surface area contributed by atoms with Crippen LogP contribution in [0.5, 0.6) is 0 Å². The van der Waals surface area contributed by atoms with Gasteiger partial charge < -0.3 is 14.4 Å². The van der Waals surface area contributed by atoms with Gasteiger partial charge in [-0.25, -0.2) is 4.79 Å². The highest BCUT2D eigenvalue weighted by Gasteiger charge is 2.32. The zero-order valence-electron chi connectivity index (χ0n) is 11.6. The van der Waals surface area contributed by atoms with Crippen molar-refractivity contribution in [1.82, 2.24) is 4.90 Å². The molecule has 1 aromatic heterocycles. The van der Waals surface area contributed by atoms with Crippen LogP contribution in [0.15, 0.2) is 34.9 Å². The second kappa shape index (κ2) is 5.60. The molecule has 0 aliphatic carbocycles. The Morgan fingerprint density at radius 2 is 2.00 bits per heavy atom. The first-order valence-electron chi connectivity index (χ1n) is 7.18. The molecule has 21 heavy (non-hydrogen) atoms.